The van der Waals surface area contributed by atoms with E-state index in [0.717, 1.165) is 16.9 Å². The maximum Gasteiger partial charge on any atom is 0.159 e. The predicted molar refractivity (Wildman–Crippen MR) is 119 cm³/mol. The van der Waals surface area contributed by atoms with E-state index < -0.39 is 0 Å². The highest BCUT2D eigenvalue weighted by molar-refractivity contribution is 6.10. The molecule has 2 nitrogen and oxygen atoms in total. The molecule has 5 rings (SSSR count). The fourth-order valence-electron chi connectivity index (χ4n) is 4.89. The second-order valence-electron chi connectivity index (χ2n) is 8.16. The fourth-order valence-corrected chi connectivity index (χ4v) is 4.89. The molecule has 1 fully saturated rings. The molecule has 0 aliphatic heterocycles. The van der Waals surface area contributed by atoms with E-state index in [4.69, 9.17) is 4.42 Å². The summed E-state index contributed by atoms with van der Waals surface area (Å²) in [6.45, 7) is 2.12. The summed E-state index contributed by atoms with van der Waals surface area (Å²) >= 11 is 0. The topological polar surface area (TPSA) is 16.4 Å². The molecule has 0 N–H and O–H groups in total. The van der Waals surface area contributed by atoms with Gasteiger partial charge >= 0.3 is 0 Å². The van der Waals surface area contributed by atoms with Crippen molar-refractivity contribution >= 4 is 33.3 Å². The van der Waals surface area contributed by atoms with E-state index in [-0.39, 0.29) is 0 Å². The Hall–Kier alpha value is -2.74. The normalized spacial score (nSPS) is 15.4. The summed E-state index contributed by atoms with van der Waals surface area (Å²) in [6.07, 6.45) is 6.69. The smallest absolute Gasteiger partial charge is 0.159 e. The number of hydrogen-bond donors (Lipinski definition) is 0. The Labute approximate surface area is 166 Å². The molecule has 0 saturated heterocycles. The van der Waals surface area contributed by atoms with Gasteiger partial charge in [-0.2, -0.15) is 0 Å². The van der Waals surface area contributed by atoms with Gasteiger partial charge in [-0.3, -0.25) is 0 Å². The van der Waals surface area contributed by atoms with Gasteiger partial charge in [0.05, 0.1) is 5.69 Å². The van der Waals surface area contributed by atoms with E-state index in [1.54, 1.807) is 0 Å². The summed E-state index contributed by atoms with van der Waals surface area (Å²) in [5.41, 5.74) is 7.08. The zero-order valence-electron chi connectivity index (χ0n) is 16.7. The Morgan fingerprint density at radius 2 is 1.43 bits per heavy atom. The lowest BCUT2D eigenvalue weighted by atomic mass is 9.83. The molecule has 1 aliphatic rings. The third-order valence-electron chi connectivity index (χ3n) is 6.40. The van der Waals surface area contributed by atoms with Crippen LogP contribution in [0.4, 0.5) is 11.4 Å². The number of nitrogens with zero attached hydrogens (tertiary/aromatic N) is 1. The van der Waals surface area contributed by atoms with Gasteiger partial charge in [-0.1, -0.05) is 67.8 Å². The number of fused-ring (bicyclic) bond motifs is 3. The number of rotatable bonds is 3. The molecular weight excluding hydrogens is 342 g/mol. The quantitative estimate of drug-likeness (QED) is 0.368. The predicted octanol–water partition coefficient (Wildman–Crippen LogP) is 7.71. The van der Waals surface area contributed by atoms with Crippen molar-refractivity contribution in [2.75, 3.05) is 11.9 Å². The molecule has 0 amide bonds. The molecule has 0 unspecified atom stereocenters. The Morgan fingerprint density at radius 1 is 0.750 bits per heavy atom. The van der Waals surface area contributed by atoms with Crippen molar-refractivity contribution in [1.82, 2.24) is 0 Å². The van der Waals surface area contributed by atoms with E-state index in [1.165, 1.54) is 59.7 Å². The average Bonchev–Trinajstić information content (AvgIpc) is 3.14. The molecule has 1 aliphatic carbocycles. The van der Waals surface area contributed by atoms with Crippen LogP contribution >= 0.6 is 0 Å². The molecule has 0 atom stereocenters. The molecule has 0 bridgehead atoms. The summed E-state index contributed by atoms with van der Waals surface area (Å²) in [6, 6.07) is 21.8. The Balaban J connectivity index is 1.65. The van der Waals surface area contributed by atoms with Crippen LogP contribution in [-0.4, -0.2) is 7.05 Å². The number of aryl methyl sites for hydroxylation is 1. The van der Waals surface area contributed by atoms with Crippen molar-refractivity contribution in [3.8, 4) is 0 Å². The summed E-state index contributed by atoms with van der Waals surface area (Å²) in [4.78, 5) is 2.32. The Bertz CT molecular complexity index is 1130. The van der Waals surface area contributed by atoms with Gasteiger partial charge < -0.3 is 9.32 Å². The zero-order valence-corrected chi connectivity index (χ0v) is 16.7. The zero-order chi connectivity index (χ0) is 19.1. The SMILES string of the molecule is Cc1cccc2c1oc1c(N(C)c3ccccc3C3CCCCC3)cccc12. The Kier molecular flexibility index (Phi) is 4.35. The highest BCUT2D eigenvalue weighted by Gasteiger charge is 2.22. The van der Waals surface area contributed by atoms with E-state index in [9.17, 15) is 0 Å². The molecule has 4 aromatic rings. The second kappa shape index (κ2) is 7.01. The van der Waals surface area contributed by atoms with Gasteiger partial charge in [0, 0.05) is 23.5 Å². The number of anilines is 2. The van der Waals surface area contributed by atoms with Gasteiger partial charge in [-0.25, -0.2) is 0 Å². The summed E-state index contributed by atoms with van der Waals surface area (Å²) in [5.74, 6) is 0.671. The second-order valence-corrected chi connectivity index (χ2v) is 8.16. The minimum atomic E-state index is 0.671. The largest absolute Gasteiger partial charge is 0.454 e. The first-order valence-electron chi connectivity index (χ1n) is 10.5. The summed E-state index contributed by atoms with van der Waals surface area (Å²) in [7, 11) is 2.18. The van der Waals surface area contributed by atoms with Gasteiger partial charge in [-0.05, 0) is 48.9 Å². The molecule has 1 aromatic heterocycles. The van der Waals surface area contributed by atoms with Crippen LogP contribution in [-0.2, 0) is 0 Å². The number of benzene rings is 3. The third-order valence-corrected chi connectivity index (χ3v) is 6.40. The van der Waals surface area contributed by atoms with Crippen molar-refractivity contribution in [2.45, 2.75) is 44.9 Å². The molecule has 0 radical (unpaired) electrons. The molecule has 0 spiro atoms. The van der Waals surface area contributed by atoms with Crippen molar-refractivity contribution in [2.24, 2.45) is 0 Å². The number of para-hydroxylation sites is 3. The van der Waals surface area contributed by atoms with Crippen molar-refractivity contribution in [3.05, 3.63) is 71.8 Å². The van der Waals surface area contributed by atoms with Crippen LogP contribution in [0.25, 0.3) is 21.9 Å². The lowest BCUT2D eigenvalue weighted by Gasteiger charge is -2.29. The Morgan fingerprint density at radius 3 is 2.25 bits per heavy atom. The van der Waals surface area contributed by atoms with E-state index in [2.05, 4.69) is 79.5 Å². The summed E-state index contributed by atoms with van der Waals surface area (Å²) in [5, 5.41) is 2.39. The highest BCUT2D eigenvalue weighted by Crippen LogP contribution is 2.42. The molecular formula is C26H27NO. The van der Waals surface area contributed by atoms with Crippen molar-refractivity contribution < 1.29 is 4.42 Å². The van der Waals surface area contributed by atoms with E-state index in [1.807, 2.05) is 0 Å². The van der Waals surface area contributed by atoms with Crippen LogP contribution in [0.3, 0.4) is 0 Å². The first kappa shape index (κ1) is 17.4. The van der Waals surface area contributed by atoms with E-state index >= 15 is 0 Å². The molecule has 2 heteroatoms. The average molecular weight is 370 g/mol. The van der Waals surface area contributed by atoms with Crippen molar-refractivity contribution in [3.63, 3.8) is 0 Å². The minimum Gasteiger partial charge on any atom is -0.454 e. The number of hydrogen-bond acceptors (Lipinski definition) is 2. The molecule has 142 valence electrons. The lowest BCUT2D eigenvalue weighted by molar-refractivity contribution is 0.444. The van der Waals surface area contributed by atoms with Crippen LogP contribution in [0.15, 0.2) is 65.1 Å². The monoisotopic (exact) mass is 369 g/mol. The summed E-state index contributed by atoms with van der Waals surface area (Å²) < 4.78 is 6.40. The van der Waals surface area contributed by atoms with Crippen LogP contribution in [0.1, 0.15) is 49.1 Å². The number of furan rings is 1. The van der Waals surface area contributed by atoms with Crippen LogP contribution in [0, 0.1) is 6.92 Å². The molecule has 3 aromatic carbocycles. The molecule has 1 heterocycles. The van der Waals surface area contributed by atoms with Crippen LogP contribution < -0.4 is 4.90 Å². The van der Waals surface area contributed by atoms with Crippen LogP contribution in [0.5, 0.6) is 0 Å². The lowest BCUT2D eigenvalue weighted by Crippen LogP contribution is -2.15. The molecule has 1 saturated carbocycles. The van der Waals surface area contributed by atoms with Gasteiger partial charge in [-0.15, -0.1) is 0 Å². The van der Waals surface area contributed by atoms with Crippen LogP contribution in [0.2, 0.25) is 0 Å². The maximum absolute atomic E-state index is 6.40. The third kappa shape index (κ3) is 2.79. The minimum absolute atomic E-state index is 0.671. The maximum atomic E-state index is 6.40. The van der Waals surface area contributed by atoms with Gasteiger partial charge in [0.25, 0.3) is 0 Å². The highest BCUT2D eigenvalue weighted by atomic mass is 16.3. The molecule has 28 heavy (non-hydrogen) atoms. The van der Waals surface area contributed by atoms with Gasteiger partial charge in [0.1, 0.15) is 5.58 Å². The van der Waals surface area contributed by atoms with Gasteiger partial charge in [0.15, 0.2) is 5.58 Å². The standard InChI is InChI=1S/C26H27NO/c1-18-10-8-14-21-22-15-9-17-24(26(22)28-25(18)21)27(2)23-16-7-6-13-20(23)19-11-4-3-5-12-19/h6-10,13-17,19H,3-5,11-12H2,1-2H3. The fraction of sp³-hybridized carbons (Fsp3) is 0.308. The van der Waals surface area contributed by atoms with E-state index in [0.29, 0.717) is 5.92 Å². The van der Waals surface area contributed by atoms with Gasteiger partial charge in [0.2, 0.25) is 0 Å². The van der Waals surface area contributed by atoms with Crippen molar-refractivity contribution in [1.29, 1.82) is 0 Å². The first-order chi connectivity index (χ1) is 13.7. The first-order valence-corrected chi connectivity index (χ1v) is 10.5.